The molecule has 2 aliphatic heterocycles. The molecule has 0 amide bonds. The van der Waals surface area contributed by atoms with E-state index in [1.807, 2.05) is 12.4 Å². The maximum absolute atomic E-state index is 9.10. The van der Waals surface area contributed by atoms with Crippen molar-refractivity contribution in [1.82, 2.24) is 14.5 Å². The van der Waals surface area contributed by atoms with Gasteiger partial charge in [-0.05, 0) is 73.5 Å². The second kappa shape index (κ2) is 11.8. The molecule has 0 saturated carbocycles. The quantitative estimate of drug-likeness (QED) is 0.268. The Morgan fingerprint density at radius 1 is 0.897 bits per heavy atom. The Kier molecular flexibility index (Phi) is 8.05. The summed E-state index contributed by atoms with van der Waals surface area (Å²) in [6.45, 7) is 4.23. The van der Waals surface area contributed by atoms with Crippen LogP contribution in [0.2, 0.25) is 0 Å². The fraction of sp³-hybridized carbons (Fsp3) is 0.323. The van der Waals surface area contributed by atoms with Crippen LogP contribution in [0.3, 0.4) is 0 Å². The van der Waals surface area contributed by atoms with Crippen molar-refractivity contribution in [2.75, 3.05) is 19.6 Å². The Hall–Kier alpha value is -4.01. The van der Waals surface area contributed by atoms with Crippen molar-refractivity contribution in [3.63, 3.8) is 0 Å². The van der Waals surface area contributed by atoms with Gasteiger partial charge in [-0.25, -0.2) is 9.59 Å². The summed E-state index contributed by atoms with van der Waals surface area (Å²) in [6, 6.07) is 21.7. The molecule has 4 heterocycles. The Balaban J connectivity index is 0.000000465. The van der Waals surface area contributed by atoms with Gasteiger partial charge in [0.1, 0.15) is 0 Å². The Morgan fingerprint density at radius 2 is 1.59 bits per heavy atom. The maximum atomic E-state index is 9.10. The van der Waals surface area contributed by atoms with Gasteiger partial charge in [0.2, 0.25) is 0 Å². The number of piperidine rings is 1. The topological polar surface area (TPSA) is 105 Å². The molecule has 39 heavy (non-hydrogen) atoms. The highest BCUT2D eigenvalue weighted by Gasteiger charge is 2.42. The van der Waals surface area contributed by atoms with Gasteiger partial charge < -0.3 is 24.4 Å². The van der Waals surface area contributed by atoms with Gasteiger partial charge in [-0.3, -0.25) is 4.98 Å². The number of nitrogens with zero attached hydrogens (tertiary/aromatic N) is 3. The number of hydrogen-bond donors (Lipinski definition) is 2. The predicted octanol–water partition coefficient (Wildman–Crippen LogP) is 5.03. The summed E-state index contributed by atoms with van der Waals surface area (Å²) in [5.74, 6) is -3.65. The number of likely N-dealkylation sites (tertiary alicyclic amines) is 1. The van der Waals surface area contributed by atoms with E-state index in [1.54, 1.807) is 0 Å². The fourth-order valence-electron chi connectivity index (χ4n) is 5.75. The number of unbranched alkanes of at least 4 members (excludes halogenated alkanes) is 1. The number of rotatable bonds is 6. The number of para-hydroxylation sites is 1. The number of fused-ring (bicyclic) bond motifs is 3. The second-order valence-electron chi connectivity index (χ2n) is 10.1. The van der Waals surface area contributed by atoms with Crippen molar-refractivity contribution in [2.45, 2.75) is 44.3 Å². The Bertz CT molecular complexity index is 1430. The molecule has 0 unspecified atom stereocenters. The van der Waals surface area contributed by atoms with Gasteiger partial charge in [-0.15, -0.1) is 0 Å². The minimum Gasteiger partial charge on any atom is -0.473 e. The van der Waals surface area contributed by atoms with Gasteiger partial charge >= 0.3 is 11.9 Å². The third-order valence-corrected chi connectivity index (χ3v) is 7.76. The van der Waals surface area contributed by atoms with E-state index in [1.165, 1.54) is 52.7 Å². The number of carbonyl (C=O) groups is 2. The highest BCUT2D eigenvalue weighted by atomic mass is 16.5. The maximum Gasteiger partial charge on any atom is 0.414 e. The van der Waals surface area contributed by atoms with Crippen LogP contribution in [0.15, 0.2) is 79.3 Å². The van der Waals surface area contributed by atoms with Gasteiger partial charge in [0, 0.05) is 42.8 Å². The smallest absolute Gasteiger partial charge is 0.414 e. The normalized spacial score (nSPS) is 16.0. The average Bonchev–Trinajstić information content (AvgIpc) is 3.52. The molecular weight excluding hydrogens is 494 g/mol. The summed E-state index contributed by atoms with van der Waals surface area (Å²) in [4.78, 5) is 25.0. The summed E-state index contributed by atoms with van der Waals surface area (Å²) < 4.78 is 8.63. The van der Waals surface area contributed by atoms with Crippen molar-refractivity contribution >= 4 is 22.8 Å². The number of aryl methyl sites for hydroxylation is 1. The zero-order valence-electron chi connectivity index (χ0n) is 21.8. The van der Waals surface area contributed by atoms with E-state index in [2.05, 4.69) is 81.3 Å². The molecular formula is C31H33N3O5. The van der Waals surface area contributed by atoms with Crippen LogP contribution in [0.5, 0.6) is 0 Å². The molecule has 2 aromatic heterocycles. The minimum atomic E-state index is -1.82. The number of benzene rings is 2. The van der Waals surface area contributed by atoms with Crippen molar-refractivity contribution in [2.24, 2.45) is 0 Å². The van der Waals surface area contributed by atoms with Crippen molar-refractivity contribution in [1.29, 1.82) is 0 Å². The highest BCUT2D eigenvalue weighted by molar-refractivity contribution is 6.27. The zero-order chi connectivity index (χ0) is 27.2. The summed E-state index contributed by atoms with van der Waals surface area (Å²) in [5, 5.41) is 16.1. The summed E-state index contributed by atoms with van der Waals surface area (Å²) in [5.41, 5.74) is 6.69. The lowest BCUT2D eigenvalue weighted by atomic mass is 9.84. The molecule has 4 aromatic rings. The van der Waals surface area contributed by atoms with Crippen molar-refractivity contribution in [3.05, 3.63) is 95.9 Å². The summed E-state index contributed by atoms with van der Waals surface area (Å²) in [7, 11) is 0. The van der Waals surface area contributed by atoms with Gasteiger partial charge in [0.05, 0.1) is 17.7 Å². The molecule has 1 spiro atoms. The molecule has 0 bridgehead atoms. The number of aliphatic carboxylic acids is 2. The molecule has 6 rings (SSSR count). The number of carboxylic acid groups (broad SMARTS) is 2. The van der Waals surface area contributed by atoms with Gasteiger partial charge in [0.25, 0.3) is 0 Å². The monoisotopic (exact) mass is 527 g/mol. The first-order valence-corrected chi connectivity index (χ1v) is 13.4. The van der Waals surface area contributed by atoms with Crippen LogP contribution < -0.4 is 0 Å². The van der Waals surface area contributed by atoms with Crippen molar-refractivity contribution in [3.8, 4) is 5.69 Å². The first kappa shape index (κ1) is 26.6. The number of hydrogen-bond acceptors (Lipinski definition) is 5. The van der Waals surface area contributed by atoms with E-state index in [0.717, 1.165) is 39.0 Å². The third kappa shape index (κ3) is 5.87. The van der Waals surface area contributed by atoms with Gasteiger partial charge in [-0.1, -0.05) is 42.5 Å². The van der Waals surface area contributed by atoms with E-state index >= 15 is 0 Å². The van der Waals surface area contributed by atoms with Crippen LogP contribution in [0, 0.1) is 0 Å². The molecule has 0 aliphatic carbocycles. The van der Waals surface area contributed by atoms with Gasteiger partial charge in [0.15, 0.2) is 0 Å². The largest absolute Gasteiger partial charge is 0.473 e. The first-order valence-electron chi connectivity index (χ1n) is 13.4. The minimum absolute atomic E-state index is 0.0259. The highest BCUT2D eigenvalue weighted by Crippen LogP contribution is 2.44. The fourth-order valence-corrected chi connectivity index (χ4v) is 5.75. The third-order valence-electron chi connectivity index (χ3n) is 7.76. The number of carboxylic acids is 2. The first-order chi connectivity index (χ1) is 19.0. The van der Waals surface area contributed by atoms with Crippen LogP contribution in [0.1, 0.15) is 42.4 Å². The summed E-state index contributed by atoms with van der Waals surface area (Å²) >= 11 is 0. The van der Waals surface area contributed by atoms with E-state index in [0.29, 0.717) is 0 Å². The average molecular weight is 528 g/mol. The van der Waals surface area contributed by atoms with E-state index in [9.17, 15) is 0 Å². The molecule has 2 N–H and O–H groups in total. The number of ether oxygens (including phenoxy) is 1. The zero-order valence-corrected chi connectivity index (χ0v) is 21.8. The number of aromatic nitrogens is 2. The molecule has 2 aliphatic rings. The molecule has 0 atom stereocenters. The SMILES string of the molecule is O=C(O)C(=O)O.c1ccc2c(c1)COC21CCN(CCCCc2cn(-c3ccncc3)c3ccccc23)CC1. The van der Waals surface area contributed by atoms with Crippen LogP contribution >= 0.6 is 0 Å². The second-order valence-corrected chi connectivity index (χ2v) is 10.1. The van der Waals surface area contributed by atoms with E-state index < -0.39 is 11.9 Å². The molecule has 202 valence electrons. The Morgan fingerprint density at radius 3 is 2.33 bits per heavy atom. The van der Waals surface area contributed by atoms with E-state index in [-0.39, 0.29) is 5.60 Å². The lowest BCUT2D eigenvalue weighted by molar-refractivity contribution is -0.159. The van der Waals surface area contributed by atoms with Crippen molar-refractivity contribution < 1.29 is 24.5 Å². The Labute approximate surface area is 227 Å². The summed E-state index contributed by atoms with van der Waals surface area (Å²) in [6.07, 6.45) is 11.8. The molecule has 8 nitrogen and oxygen atoms in total. The van der Waals surface area contributed by atoms with Gasteiger partial charge in [-0.2, -0.15) is 0 Å². The molecule has 2 aromatic carbocycles. The molecule has 8 heteroatoms. The van der Waals surface area contributed by atoms with Crippen LogP contribution in [0.25, 0.3) is 16.6 Å². The molecule has 0 radical (unpaired) electrons. The molecule has 1 saturated heterocycles. The lowest BCUT2D eigenvalue weighted by Gasteiger charge is -2.39. The number of pyridine rings is 1. The lowest BCUT2D eigenvalue weighted by Crippen LogP contribution is -2.42. The standard InChI is InChI=1S/C29H31N3O.C2H2O4/c1-3-10-27-24(8-1)22-33-29(27)14-19-31(20-15-29)18-6-5-7-23-21-32(25-12-16-30-17-13-25)28-11-4-2-9-26(23)28;3-1(4)2(5)6/h1-4,8-13,16-17,21H,5-7,14-15,18-20,22H2;(H,3,4)(H,5,6). The van der Waals surface area contributed by atoms with Crippen LogP contribution in [0.4, 0.5) is 0 Å². The molecule has 1 fully saturated rings. The van der Waals surface area contributed by atoms with Crippen LogP contribution in [-0.2, 0) is 33.0 Å². The predicted molar refractivity (Wildman–Crippen MR) is 148 cm³/mol. The van der Waals surface area contributed by atoms with E-state index in [4.69, 9.17) is 24.5 Å². The van der Waals surface area contributed by atoms with Crippen LogP contribution in [-0.4, -0.2) is 56.2 Å².